The molecule has 0 N–H and O–H groups in total. The van der Waals surface area contributed by atoms with E-state index in [9.17, 15) is 13.6 Å². The summed E-state index contributed by atoms with van der Waals surface area (Å²) in [6, 6.07) is 17.6. The lowest BCUT2D eigenvalue weighted by molar-refractivity contribution is 0.0723. The van der Waals surface area contributed by atoms with Gasteiger partial charge in [0.2, 0.25) is 5.52 Å². The molecular formula is C29H27F2N5O. The molecule has 0 saturated carbocycles. The van der Waals surface area contributed by atoms with Crippen molar-refractivity contribution in [3.8, 4) is 0 Å². The number of nitrogens with zero attached hydrogens (tertiary/aromatic N) is 5. The molecule has 188 valence electrons. The first-order valence-electron chi connectivity index (χ1n) is 12.1. The quantitative estimate of drug-likeness (QED) is 0.350. The van der Waals surface area contributed by atoms with Crippen LogP contribution in [0.25, 0.3) is 15.9 Å². The monoisotopic (exact) mass is 499 g/mol. The van der Waals surface area contributed by atoms with E-state index in [-0.39, 0.29) is 29.1 Å². The average Bonchev–Trinajstić information content (AvgIpc) is 2.88. The van der Waals surface area contributed by atoms with Crippen molar-refractivity contribution in [2.24, 2.45) is 7.05 Å². The molecule has 3 heterocycles. The van der Waals surface area contributed by atoms with Gasteiger partial charge in [0.05, 0.1) is 17.2 Å². The smallest absolute Gasteiger partial charge is 0.270 e. The third-order valence-corrected chi connectivity index (χ3v) is 7.16. The number of anilines is 1. The van der Waals surface area contributed by atoms with Gasteiger partial charge in [-0.3, -0.25) is 9.69 Å². The summed E-state index contributed by atoms with van der Waals surface area (Å²) in [4.78, 5) is 25.3. The fourth-order valence-corrected chi connectivity index (χ4v) is 5.30. The summed E-state index contributed by atoms with van der Waals surface area (Å²) in [7, 11) is 1.70. The summed E-state index contributed by atoms with van der Waals surface area (Å²) in [6.45, 7) is 13.5. The average molecular weight is 500 g/mol. The number of piperazine rings is 1. The van der Waals surface area contributed by atoms with Crippen LogP contribution < -0.4 is 10.5 Å². The van der Waals surface area contributed by atoms with Crippen molar-refractivity contribution in [1.29, 1.82) is 0 Å². The molecule has 2 aromatic heterocycles. The van der Waals surface area contributed by atoms with Crippen molar-refractivity contribution in [2.75, 3.05) is 24.5 Å². The van der Waals surface area contributed by atoms with Gasteiger partial charge < -0.3 is 14.3 Å². The molecule has 4 aromatic rings. The largest absolute Gasteiger partial charge is 0.365 e. The van der Waals surface area contributed by atoms with Gasteiger partial charge in [-0.2, -0.15) is 0 Å². The maximum Gasteiger partial charge on any atom is 0.270 e. The maximum atomic E-state index is 13.8. The Labute approximate surface area is 214 Å². The lowest BCUT2D eigenvalue weighted by Crippen LogP contribution is -2.60. The Morgan fingerprint density at radius 1 is 0.946 bits per heavy atom. The summed E-state index contributed by atoms with van der Waals surface area (Å²) in [5.41, 5.74) is 3.29. The highest BCUT2D eigenvalue weighted by Gasteiger charge is 2.40. The van der Waals surface area contributed by atoms with Crippen LogP contribution in [0.5, 0.6) is 0 Å². The lowest BCUT2D eigenvalue weighted by Gasteiger charge is -2.51. The summed E-state index contributed by atoms with van der Waals surface area (Å²) >= 11 is 0. The first kappa shape index (κ1) is 24.6. The molecule has 6 nitrogen and oxygen atoms in total. The Hall–Kier alpha value is -4.09. The fourth-order valence-electron chi connectivity index (χ4n) is 5.30. The first-order valence-corrected chi connectivity index (χ1v) is 12.1. The van der Waals surface area contributed by atoms with Gasteiger partial charge in [0, 0.05) is 38.3 Å². The Balaban J connectivity index is 1.55. The highest BCUT2D eigenvalue weighted by molar-refractivity contribution is 5.89. The normalized spacial score (nSPS) is 15.8. The standard InChI is InChI=1S/C29H27F2N5O/c1-29(2)18-35(24-17-26(37)34(4)23-13-14-25(32-3)33-27(23)24)15-16-36(29)28(19-5-9-21(30)10-6-19)20-7-11-22(31)12-8-20/h5-14,17,28H,15-16,18H2,1-2,4H3. The number of pyridine rings is 2. The van der Waals surface area contributed by atoms with E-state index < -0.39 is 5.54 Å². The van der Waals surface area contributed by atoms with Crippen molar-refractivity contribution in [3.63, 3.8) is 0 Å². The van der Waals surface area contributed by atoms with E-state index in [0.29, 0.717) is 36.4 Å². The summed E-state index contributed by atoms with van der Waals surface area (Å²) < 4.78 is 29.1. The number of hydrogen-bond acceptors (Lipinski definition) is 4. The van der Waals surface area contributed by atoms with E-state index in [0.717, 1.165) is 11.1 Å². The molecule has 0 amide bonds. The van der Waals surface area contributed by atoms with Crippen molar-refractivity contribution >= 4 is 22.5 Å². The van der Waals surface area contributed by atoms with Crippen molar-refractivity contribution in [3.05, 3.63) is 111 Å². The molecular weight excluding hydrogens is 472 g/mol. The van der Waals surface area contributed by atoms with E-state index >= 15 is 0 Å². The van der Waals surface area contributed by atoms with Crippen LogP contribution >= 0.6 is 0 Å². The van der Waals surface area contributed by atoms with Gasteiger partial charge in [-0.15, -0.1) is 4.98 Å². The zero-order valence-corrected chi connectivity index (χ0v) is 20.9. The summed E-state index contributed by atoms with van der Waals surface area (Å²) in [5.74, 6) is -0.345. The Morgan fingerprint density at radius 3 is 2.08 bits per heavy atom. The molecule has 1 aliphatic heterocycles. The maximum absolute atomic E-state index is 13.8. The van der Waals surface area contributed by atoms with Crippen LogP contribution in [0.2, 0.25) is 0 Å². The SMILES string of the molecule is [C-]#[N+]c1ccc2c(n1)c(N1CCN(C(c3ccc(F)cc3)c3ccc(F)cc3)C(C)(C)C1)cc(=O)n2C. The van der Waals surface area contributed by atoms with Crippen LogP contribution in [0.15, 0.2) is 71.5 Å². The highest BCUT2D eigenvalue weighted by atomic mass is 19.1. The zero-order chi connectivity index (χ0) is 26.3. The Morgan fingerprint density at radius 2 is 1.54 bits per heavy atom. The predicted molar refractivity (Wildman–Crippen MR) is 141 cm³/mol. The molecule has 0 aliphatic carbocycles. The van der Waals surface area contributed by atoms with Crippen LogP contribution in [0.3, 0.4) is 0 Å². The second-order valence-electron chi connectivity index (χ2n) is 10.0. The molecule has 5 rings (SSSR count). The predicted octanol–water partition coefficient (Wildman–Crippen LogP) is 5.45. The molecule has 0 radical (unpaired) electrons. The van der Waals surface area contributed by atoms with E-state index in [2.05, 4.69) is 33.5 Å². The molecule has 1 aliphatic rings. The van der Waals surface area contributed by atoms with E-state index in [4.69, 9.17) is 6.57 Å². The van der Waals surface area contributed by atoms with Gasteiger partial charge in [-0.1, -0.05) is 30.8 Å². The minimum absolute atomic E-state index is 0.143. The second-order valence-corrected chi connectivity index (χ2v) is 10.0. The zero-order valence-electron chi connectivity index (χ0n) is 20.9. The second kappa shape index (κ2) is 9.41. The highest BCUT2D eigenvalue weighted by Crippen LogP contribution is 2.38. The van der Waals surface area contributed by atoms with Gasteiger partial charge in [-0.05, 0) is 61.4 Å². The van der Waals surface area contributed by atoms with Gasteiger partial charge >= 0.3 is 0 Å². The minimum atomic E-state index is -0.392. The molecule has 0 bridgehead atoms. The number of rotatable bonds is 4. The van der Waals surface area contributed by atoms with E-state index in [1.165, 1.54) is 24.3 Å². The molecule has 1 fully saturated rings. The van der Waals surface area contributed by atoms with E-state index in [1.807, 2.05) is 0 Å². The first-order chi connectivity index (χ1) is 17.7. The van der Waals surface area contributed by atoms with Crippen LogP contribution in [0.4, 0.5) is 20.3 Å². The lowest BCUT2D eigenvalue weighted by atomic mass is 9.89. The molecule has 1 saturated heterocycles. The number of benzene rings is 2. The van der Waals surface area contributed by atoms with Gasteiger partial charge in [0.1, 0.15) is 11.6 Å². The van der Waals surface area contributed by atoms with Crippen LogP contribution in [-0.4, -0.2) is 39.6 Å². The van der Waals surface area contributed by atoms with Crippen molar-refractivity contribution in [2.45, 2.75) is 25.4 Å². The minimum Gasteiger partial charge on any atom is -0.365 e. The molecule has 0 spiro atoms. The van der Waals surface area contributed by atoms with E-state index in [1.54, 1.807) is 54.1 Å². The fraction of sp³-hybridized carbons (Fsp3) is 0.276. The van der Waals surface area contributed by atoms with Crippen LogP contribution in [-0.2, 0) is 7.05 Å². The van der Waals surface area contributed by atoms with Crippen molar-refractivity contribution < 1.29 is 8.78 Å². The number of hydrogen-bond donors (Lipinski definition) is 0. The van der Waals surface area contributed by atoms with Gasteiger partial charge in [0.25, 0.3) is 11.4 Å². The number of aryl methyl sites for hydroxylation is 1. The van der Waals surface area contributed by atoms with Crippen molar-refractivity contribution in [1.82, 2.24) is 14.5 Å². The Bertz CT molecular complexity index is 1510. The molecule has 8 heteroatoms. The number of fused-ring (bicyclic) bond motifs is 1. The molecule has 2 aromatic carbocycles. The topological polar surface area (TPSA) is 45.7 Å². The van der Waals surface area contributed by atoms with Crippen LogP contribution in [0, 0.1) is 18.2 Å². The van der Waals surface area contributed by atoms with Crippen LogP contribution in [0.1, 0.15) is 31.0 Å². The molecule has 0 atom stereocenters. The van der Waals surface area contributed by atoms with Gasteiger partial charge in [-0.25, -0.2) is 8.78 Å². The summed E-state index contributed by atoms with van der Waals surface area (Å²) in [5, 5.41) is 0. The molecule has 37 heavy (non-hydrogen) atoms. The third-order valence-electron chi connectivity index (χ3n) is 7.16. The van der Waals surface area contributed by atoms with Gasteiger partial charge in [0.15, 0.2) is 0 Å². The Kier molecular flexibility index (Phi) is 6.26. The third kappa shape index (κ3) is 4.58. The molecule has 0 unspecified atom stereocenters. The number of aromatic nitrogens is 2. The number of halogens is 2. The summed E-state index contributed by atoms with van der Waals surface area (Å²) in [6.07, 6.45) is 0.